The summed E-state index contributed by atoms with van der Waals surface area (Å²) in [4.78, 5) is 20.4. The molecular formula is C16H15F5IN7. The zero-order chi connectivity index (χ0) is 20.8. The quantitative estimate of drug-likeness (QED) is 0.332. The molecule has 0 radical (unpaired) electrons. The second-order valence-corrected chi connectivity index (χ2v) is 8.24. The van der Waals surface area contributed by atoms with Crippen LogP contribution >= 0.6 is 22.6 Å². The number of hydrogen-bond acceptors (Lipinski definition) is 7. The molecule has 13 heteroatoms. The molecule has 0 bridgehead atoms. The Balaban J connectivity index is 1.60. The first kappa shape index (κ1) is 20.3. The van der Waals surface area contributed by atoms with Gasteiger partial charge in [-0.25, -0.2) is 26.9 Å². The van der Waals surface area contributed by atoms with Gasteiger partial charge in [0.15, 0.2) is 10.0 Å². The largest absolute Gasteiger partial charge is 0.351 e. The van der Waals surface area contributed by atoms with Crippen LogP contribution in [0.25, 0.3) is 11.5 Å². The number of nitrogens with one attached hydrogen (secondary N) is 2. The molecule has 2 aromatic rings. The van der Waals surface area contributed by atoms with Gasteiger partial charge in [0.2, 0.25) is 11.9 Å². The van der Waals surface area contributed by atoms with Gasteiger partial charge in [0.25, 0.3) is 11.8 Å². The lowest BCUT2D eigenvalue weighted by molar-refractivity contribution is -0.0799. The first-order valence-corrected chi connectivity index (χ1v) is 9.98. The molecule has 29 heavy (non-hydrogen) atoms. The number of nitrogens with zero attached hydrogens (tertiary/aromatic N) is 5. The summed E-state index contributed by atoms with van der Waals surface area (Å²) in [5, 5.41) is 5.59. The molecule has 0 aromatic carbocycles. The van der Waals surface area contributed by atoms with E-state index >= 15 is 0 Å². The molecule has 156 valence electrons. The lowest BCUT2D eigenvalue weighted by atomic mass is 9.88. The van der Waals surface area contributed by atoms with Gasteiger partial charge in [0, 0.05) is 37.8 Å². The van der Waals surface area contributed by atoms with Gasteiger partial charge in [-0.1, -0.05) is 0 Å². The molecule has 0 aliphatic heterocycles. The van der Waals surface area contributed by atoms with Crippen LogP contribution in [-0.2, 0) is 0 Å². The van der Waals surface area contributed by atoms with Crippen molar-refractivity contribution in [2.75, 3.05) is 10.6 Å². The van der Waals surface area contributed by atoms with Crippen LogP contribution in [0.3, 0.4) is 0 Å². The highest BCUT2D eigenvalue weighted by molar-refractivity contribution is 14.1. The van der Waals surface area contributed by atoms with Crippen LogP contribution in [0.15, 0.2) is 12.4 Å². The van der Waals surface area contributed by atoms with Gasteiger partial charge >= 0.3 is 0 Å². The molecule has 2 aliphatic carbocycles. The highest BCUT2D eigenvalue weighted by atomic mass is 127. The fourth-order valence-electron chi connectivity index (χ4n) is 3.11. The van der Waals surface area contributed by atoms with Crippen molar-refractivity contribution in [2.24, 2.45) is 0 Å². The van der Waals surface area contributed by atoms with E-state index in [-0.39, 0.29) is 54.8 Å². The fourth-order valence-corrected chi connectivity index (χ4v) is 3.41. The third kappa shape index (κ3) is 4.80. The van der Waals surface area contributed by atoms with Crippen LogP contribution in [0.5, 0.6) is 0 Å². The van der Waals surface area contributed by atoms with Crippen LogP contribution in [0.4, 0.5) is 33.8 Å². The van der Waals surface area contributed by atoms with Crippen molar-refractivity contribution in [2.45, 2.75) is 53.8 Å². The monoisotopic (exact) mass is 527 g/mol. The molecule has 0 saturated heterocycles. The maximum atomic E-state index is 13.5. The van der Waals surface area contributed by atoms with Crippen LogP contribution in [0.1, 0.15) is 35.6 Å². The molecule has 2 saturated carbocycles. The van der Waals surface area contributed by atoms with Gasteiger partial charge in [-0.2, -0.15) is 15.0 Å². The zero-order valence-corrected chi connectivity index (χ0v) is 16.9. The Labute approximate surface area is 175 Å². The van der Waals surface area contributed by atoms with E-state index in [0.717, 1.165) is 0 Å². The van der Waals surface area contributed by atoms with Gasteiger partial charge < -0.3 is 10.6 Å². The number of halogens is 6. The molecule has 2 N–H and O–H groups in total. The van der Waals surface area contributed by atoms with E-state index in [9.17, 15) is 22.0 Å². The Kier molecular flexibility index (Phi) is 5.19. The Bertz CT molecular complexity index is 853. The molecule has 2 heterocycles. The van der Waals surface area contributed by atoms with Crippen molar-refractivity contribution in [1.29, 1.82) is 0 Å². The third-order valence-electron chi connectivity index (χ3n) is 4.59. The first-order chi connectivity index (χ1) is 13.6. The smallest absolute Gasteiger partial charge is 0.252 e. The summed E-state index contributed by atoms with van der Waals surface area (Å²) in [7, 11) is 0. The fraction of sp³-hybridized carbons (Fsp3) is 0.562. The van der Waals surface area contributed by atoms with Crippen molar-refractivity contribution in [3.8, 4) is 11.5 Å². The van der Waals surface area contributed by atoms with Crippen LogP contribution < -0.4 is 10.6 Å². The average Bonchev–Trinajstić information content (AvgIpc) is 2.58. The van der Waals surface area contributed by atoms with Crippen LogP contribution in [0, 0.1) is 0 Å². The second-order valence-electron chi connectivity index (χ2n) is 7.15. The van der Waals surface area contributed by atoms with Gasteiger partial charge in [0.05, 0.1) is 12.4 Å². The Morgan fingerprint density at radius 3 is 1.83 bits per heavy atom. The predicted octanol–water partition coefficient (Wildman–Crippen LogP) is 4.15. The van der Waals surface area contributed by atoms with Crippen molar-refractivity contribution in [3.63, 3.8) is 0 Å². The van der Waals surface area contributed by atoms with Crippen molar-refractivity contribution >= 4 is 34.5 Å². The summed E-state index contributed by atoms with van der Waals surface area (Å²) in [5.41, 5.74) is 0.206. The Hall–Kier alpha value is -1.93. The average molecular weight is 527 g/mol. The third-order valence-corrected chi connectivity index (χ3v) is 5.23. The molecule has 1 unspecified atom stereocenters. The number of hydrogen-bond donors (Lipinski definition) is 2. The summed E-state index contributed by atoms with van der Waals surface area (Å²) in [6.45, 7) is 0. The Morgan fingerprint density at radius 1 is 0.862 bits per heavy atom. The summed E-state index contributed by atoms with van der Waals surface area (Å²) < 4.78 is 64.6. The normalized spacial score (nSPS) is 21.7. The lowest BCUT2D eigenvalue weighted by Crippen LogP contribution is -2.45. The Morgan fingerprint density at radius 2 is 1.38 bits per heavy atom. The van der Waals surface area contributed by atoms with Gasteiger partial charge in [-0.3, -0.25) is 4.98 Å². The summed E-state index contributed by atoms with van der Waals surface area (Å²) in [5.74, 6) is -5.44. The minimum absolute atomic E-state index is 0.00237. The molecule has 2 aromatic heterocycles. The summed E-state index contributed by atoms with van der Waals surface area (Å²) >= 11 is 1.53. The van der Waals surface area contributed by atoms with Gasteiger partial charge in [-0.05, 0) is 22.6 Å². The maximum Gasteiger partial charge on any atom is 0.252 e. The van der Waals surface area contributed by atoms with Crippen molar-refractivity contribution in [3.05, 3.63) is 18.1 Å². The summed E-state index contributed by atoms with van der Waals surface area (Å²) in [6, 6.07) is -1.05. The van der Waals surface area contributed by atoms with E-state index in [1.54, 1.807) is 0 Å². The highest BCUT2D eigenvalue weighted by Crippen LogP contribution is 2.40. The molecule has 2 fully saturated rings. The van der Waals surface area contributed by atoms with Gasteiger partial charge in [-0.15, -0.1) is 0 Å². The number of aromatic nitrogens is 5. The zero-order valence-electron chi connectivity index (χ0n) is 14.7. The number of rotatable bonds is 6. The first-order valence-electron chi connectivity index (χ1n) is 8.74. The molecule has 0 spiro atoms. The topological polar surface area (TPSA) is 88.5 Å². The minimum Gasteiger partial charge on any atom is -0.351 e. The lowest BCUT2D eigenvalue weighted by Gasteiger charge is -2.36. The SMILES string of the molecule is FC(I)c1cncc(-c2nc(NC3CC(F)(F)C3)nc(NC3CC(F)(F)C3)n2)n1. The van der Waals surface area contributed by atoms with E-state index in [1.165, 1.54) is 35.0 Å². The maximum absolute atomic E-state index is 13.5. The van der Waals surface area contributed by atoms with E-state index < -0.39 is 28.1 Å². The minimum atomic E-state index is -2.73. The van der Waals surface area contributed by atoms with E-state index in [2.05, 4.69) is 35.6 Å². The van der Waals surface area contributed by atoms with Crippen LogP contribution in [-0.4, -0.2) is 48.8 Å². The molecule has 2 aliphatic rings. The predicted molar refractivity (Wildman–Crippen MR) is 102 cm³/mol. The summed E-state index contributed by atoms with van der Waals surface area (Å²) in [6.07, 6.45) is 1.13. The second kappa shape index (κ2) is 7.40. The number of anilines is 2. The molecular weight excluding hydrogens is 512 g/mol. The standard InChI is InChI=1S/C16H15F5IN7/c17-11(22)9-5-23-6-10(26-9)12-27-13(24-7-1-15(18,19)2-7)29-14(28-12)25-8-3-16(20,21)4-8/h5-8,11H,1-4H2,(H2,24,25,27,28,29). The van der Waals surface area contributed by atoms with Crippen molar-refractivity contribution in [1.82, 2.24) is 24.9 Å². The molecule has 7 nitrogen and oxygen atoms in total. The van der Waals surface area contributed by atoms with Crippen LogP contribution in [0.2, 0.25) is 0 Å². The van der Waals surface area contributed by atoms with E-state index in [1.807, 2.05) is 0 Å². The van der Waals surface area contributed by atoms with Gasteiger partial charge in [0.1, 0.15) is 11.4 Å². The van der Waals surface area contributed by atoms with E-state index in [4.69, 9.17) is 0 Å². The van der Waals surface area contributed by atoms with Crippen molar-refractivity contribution < 1.29 is 22.0 Å². The number of alkyl halides is 6. The molecule has 4 rings (SSSR count). The molecule has 0 amide bonds. The highest BCUT2D eigenvalue weighted by Gasteiger charge is 2.46. The molecule has 1 atom stereocenters. The van der Waals surface area contributed by atoms with E-state index in [0.29, 0.717) is 0 Å².